The highest BCUT2D eigenvalue weighted by Gasteiger charge is 2.34. The number of carbonyl (C=O) groups is 1. The average Bonchev–Trinajstić information content (AvgIpc) is 2.96. The highest BCUT2D eigenvalue weighted by molar-refractivity contribution is 7.91. The Kier molecular flexibility index (Phi) is 4.62. The molecule has 23 heavy (non-hydrogen) atoms. The lowest BCUT2D eigenvalue weighted by molar-refractivity contribution is 0.197. The highest BCUT2D eigenvalue weighted by atomic mass is 32.2. The van der Waals surface area contributed by atoms with Crippen molar-refractivity contribution in [2.45, 2.75) is 30.4 Å². The Hall–Kier alpha value is -1.56. The number of likely N-dealkylation sites (tertiary alicyclic amines) is 1. The number of amides is 2. The summed E-state index contributed by atoms with van der Waals surface area (Å²) in [7, 11) is -3.05. The van der Waals surface area contributed by atoms with Crippen LogP contribution in [0.25, 0.3) is 0 Å². The number of urea groups is 1. The van der Waals surface area contributed by atoms with Crippen LogP contribution in [0.5, 0.6) is 0 Å². The predicted octanol–water partition coefficient (Wildman–Crippen LogP) is 2.01. The van der Waals surface area contributed by atoms with Crippen molar-refractivity contribution < 1.29 is 13.2 Å². The molecule has 1 aliphatic heterocycles. The molecule has 0 bridgehead atoms. The first kappa shape index (κ1) is 16.3. The van der Waals surface area contributed by atoms with Crippen LogP contribution in [0.4, 0.5) is 4.79 Å². The molecule has 1 heterocycles. The number of hydrogen-bond acceptors (Lipinski definition) is 3. The van der Waals surface area contributed by atoms with Crippen molar-refractivity contribution in [3.63, 3.8) is 0 Å². The molecular weight excluding hydrogens is 312 g/mol. The van der Waals surface area contributed by atoms with Gasteiger partial charge in [-0.3, -0.25) is 0 Å². The number of rotatable bonds is 4. The Morgan fingerprint density at radius 2 is 1.96 bits per heavy atom. The third kappa shape index (κ3) is 3.86. The minimum absolute atomic E-state index is 0.126. The molecule has 0 spiro atoms. The van der Waals surface area contributed by atoms with Gasteiger partial charge < -0.3 is 10.2 Å². The summed E-state index contributed by atoms with van der Waals surface area (Å²) in [6.45, 7) is 1.53. The number of nitrogens with zero attached hydrogens (tertiary/aromatic N) is 1. The summed E-state index contributed by atoms with van der Waals surface area (Å²) in [4.78, 5) is 13.8. The molecule has 1 aliphatic carbocycles. The zero-order valence-electron chi connectivity index (χ0n) is 13.4. The fraction of sp³-hybridized carbons (Fsp3) is 0.588. The van der Waals surface area contributed by atoms with Crippen LogP contribution in [-0.4, -0.2) is 50.5 Å². The van der Waals surface area contributed by atoms with Crippen LogP contribution in [0.2, 0.25) is 0 Å². The van der Waals surface area contributed by atoms with Gasteiger partial charge in [-0.25, -0.2) is 13.2 Å². The summed E-state index contributed by atoms with van der Waals surface area (Å²) in [6.07, 6.45) is 4.01. The van der Waals surface area contributed by atoms with E-state index in [1.54, 1.807) is 4.90 Å². The van der Waals surface area contributed by atoms with Crippen LogP contribution in [0.3, 0.4) is 0 Å². The molecule has 126 valence electrons. The van der Waals surface area contributed by atoms with Gasteiger partial charge in [-0.1, -0.05) is 30.3 Å². The molecule has 1 saturated heterocycles. The van der Waals surface area contributed by atoms with Gasteiger partial charge in [0.2, 0.25) is 0 Å². The van der Waals surface area contributed by atoms with Crippen LogP contribution < -0.4 is 5.32 Å². The summed E-state index contributed by atoms with van der Waals surface area (Å²) in [5, 5.41) is 2.56. The molecule has 2 amide bonds. The molecule has 2 aliphatic rings. The average molecular weight is 336 g/mol. The normalized spacial score (nSPS) is 27.5. The molecule has 1 saturated carbocycles. The van der Waals surface area contributed by atoms with Crippen molar-refractivity contribution in [3.8, 4) is 0 Å². The van der Waals surface area contributed by atoms with Gasteiger partial charge in [-0.15, -0.1) is 0 Å². The van der Waals surface area contributed by atoms with E-state index in [0.717, 1.165) is 12.8 Å². The van der Waals surface area contributed by atoms with Gasteiger partial charge in [0.25, 0.3) is 0 Å². The molecule has 1 atom stereocenters. The molecule has 3 rings (SSSR count). The highest BCUT2D eigenvalue weighted by Crippen LogP contribution is 2.41. The largest absolute Gasteiger partial charge is 0.338 e. The minimum atomic E-state index is -3.05. The number of carbonyl (C=O) groups excluding carboxylic acids is 1. The van der Waals surface area contributed by atoms with E-state index in [2.05, 4.69) is 29.6 Å². The molecule has 5 nitrogen and oxygen atoms in total. The number of nitrogens with one attached hydrogen (secondary N) is 1. The van der Waals surface area contributed by atoms with E-state index in [1.165, 1.54) is 11.8 Å². The fourth-order valence-electron chi connectivity index (χ4n) is 3.51. The number of sulfone groups is 1. The summed E-state index contributed by atoms with van der Waals surface area (Å²) in [5.41, 5.74) is 1.38. The molecule has 6 heteroatoms. The number of benzene rings is 1. The topological polar surface area (TPSA) is 66.5 Å². The van der Waals surface area contributed by atoms with E-state index in [4.69, 9.17) is 0 Å². The van der Waals surface area contributed by atoms with E-state index >= 15 is 0 Å². The van der Waals surface area contributed by atoms with Crippen molar-refractivity contribution >= 4 is 15.9 Å². The van der Waals surface area contributed by atoms with Crippen molar-refractivity contribution in [2.24, 2.45) is 5.92 Å². The van der Waals surface area contributed by atoms with Crippen molar-refractivity contribution in [1.82, 2.24) is 10.2 Å². The summed E-state index contributed by atoms with van der Waals surface area (Å²) in [6, 6.07) is 10.4. The quantitative estimate of drug-likeness (QED) is 0.914. The van der Waals surface area contributed by atoms with Crippen molar-refractivity contribution in [1.29, 1.82) is 0 Å². The monoisotopic (exact) mass is 336 g/mol. The van der Waals surface area contributed by atoms with Gasteiger partial charge in [0, 0.05) is 25.9 Å². The maximum atomic E-state index is 12.1. The second kappa shape index (κ2) is 6.51. The lowest BCUT2D eigenvalue weighted by Crippen LogP contribution is -2.43. The maximum Gasteiger partial charge on any atom is 0.317 e. The smallest absolute Gasteiger partial charge is 0.317 e. The van der Waals surface area contributed by atoms with Gasteiger partial charge >= 0.3 is 6.03 Å². The SMILES string of the molecule is CS(=O)(=O)[C@H]1CCN(C(=O)NCC2CC(c3ccccc3)C2)C1. The predicted molar refractivity (Wildman–Crippen MR) is 90.1 cm³/mol. The van der Waals surface area contributed by atoms with Crippen molar-refractivity contribution in [3.05, 3.63) is 35.9 Å². The van der Waals surface area contributed by atoms with Crippen molar-refractivity contribution in [2.75, 3.05) is 25.9 Å². The minimum Gasteiger partial charge on any atom is -0.338 e. The first-order valence-electron chi connectivity index (χ1n) is 8.20. The van der Waals surface area contributed by atoms with Crippen LogP contribution in [0.15, 0.2) is 30.3 Å². The van der Waals surface area contributed by atoms with Crippen LogP contribution in [0, 0.1) is 5.92 Å². The molecule has 1 aromatic carbocycles. The third-order valence-electron chi connectivity index (χ3n) is 5.09. The molecule has 0 aromatic heterocycles. The first-order valence-corrected chi connectivity index (χ1v) is 10.2. The third-order valence-corrected chi connectivity index (χ3v) is 6.68. The Morgan fingerprint density at radius 1 is 1.26 bits per heavy atom. The van der Waals surface area contributed by atoms with Crippen LogP contribution in [-0.2, 0) is 9.84 Å². The van der Waals surface area contributed by atoms with Gasteiger partial charge in [0.15, 0.2) is 9.84 Å². The summed E-state index contributed by atoms with van der Waals surface area (Å²) in [5.74, 6) is 1.14. The van der Waals surface area contributed by atoms with Crippen LogP contribution in [0.1, 0.15) is 30.7 Å². The molecule has 0 unspecified atom stereocenters. The standard InChI is InChI=1S/C17H24N2O3S/c1-23(21,22)16-7-8-19(12-16)17(20)18-11-13-9-15(10-13)14-5-3-2-4-6-14/h2-6,13,15-16H,7-12H2,1H3,(H,18,20)/t13?,15?,16-/m0/s1. The molecule has 1 aromatic rings. The van der Waals surface area contributed by atoms with E-state index in [0.29, 0.717) is 37.9 Å². The first-order chi connectivity index (χ1) is 10.9. The van der Waals surface area contributed by atoms with Gasteiger partial charge in [0.05, 0.1) is 5.25 Å². The molecule has 0 radical (unpaired) electrons. The molecular formula is C17H24N2O3S. The van der Waals surface area contributed by atoms with E-state index in [-0.39, 0.29) is 6.03 Å². The van der Waals surface area contributed by atoms with E-state index in [1.807, 2.05) is 6.07 Å². The fourth-order valence-corrected chi connectivity index (χ4v) is 4.49. The van der Waals surface area contributed by atoms with Gasteiger partial charge in [-0.2, -0.15) is 0 Å². The van der Waals surface area contributed by atoms with Crippen LogP contribution >= 0.6 is 0 Å². The zero-order valence-corrected chi connectivity index (χ0v) is 14.3. The number of hydrogen-bond donors (Lipinski definition) is 1. The Labute approximate surface area is 138 Å². The Morgan fingerprint density at radius 3 is 2.57 bits per heavy atom. The van der Waals surface area contributed by atoms with E-state index < -0.39 is 15.1 Å². The maximum absolute atomic E-state index is 12.1. The van der Waals surface area contributed by atoms with Gasteiger partial charge in [0.1, 0.15) is 0 Å². The van der Waals surface area contributed by atoms with E-state index in [9.17, 15) is 13.2 Å². The zero-order chi connectivity index (χ0) is 16.4. The molecule has 2 fully saturated rings. The second-order valence-electron chi connectivity index (χ2n) is 6.82. The lowest BCUT2D eigenvalue weighted by Gasteiger charge is -2.36. The second-order valence-corrected chi connectivity index (χ2v) is 9.14. The lowest BCUT2D eigenvalue weighted by atomic mass is 9.71. The Bertz CT molecular complexity index is 654. The Balaban J connectivity index is 1.40. The summed E-state index contributed by atoms with van der Waals surface area (Å²) < 4.78 is 23.1. The summed E-state index contributed by atoms with van der Waals surface area (Å²) >= 11 is 0. The van der Waals surface area contributed by atoms with Gasteiger partial charge in [-0.05, 0) is 36.7 Å². The molecule has 1 N–H and O–H groups in total.